The van der Waals surface area contributed by atoms with Crippen molar-refractivity contribution in [2.24, 2.45) is 0 Å². The van der Waals surface area contributed by atoms with Crippen LogP contribution in [0.25, 0.3) is 0 Å². The van der Waals surface area contributed by atoms with Crippen molar-refractivity contribution >= 4 is 11.6 Å². The molecular weight excluding hydrogens is 160 g/mol. The quantitative estimate of drug-likeness (QED) is 0.457. The second-order valence-corrected chi connectivity index (χ2v) is 2.84. The largest absolute Gasteiger partial charge is 0.330 e. The lowest BCUT2D eigenvalue weighted by Crippen LogP contribution is -2.40. The van der Waals surface area contributed by atoms with E-state index in [1.165, 1.54) is 0 Å². The summed E-state index contributed by atoms with van der Waals surface area (Å²) in [7, 11) is 0. The van der Waals surface area contributed by atoms with Crippen molar-refractivity contribution in [1.29, 1.82) is 0 Å². The maximum absolute atomic E-state index is 5.49. The summed E-state index contributed by atoms with van der Waals surface area (Å²) >= 11 is 5.49. The summed E-state index contributed by atoms with van der Waals surface area (Å²) in [5, 5.41) is 3.27. The molecule has 0 aliphatic carbocycles. The molecule has 1 N–H and O–H groups in total. The minimum atomic E-state index is 0.638. The molecule has 0 aromatic heterocycles. The summed E-state index contributed by atoms with van der Waals surface area (Å²) in [5.74, 6) is 3.66. The Kier molecular flexibility index (Phi) is 4.18. The molecule has 1 rings (SSSR count). The maximum Gasteiger partial charge on any atom is 0.0386 e. The van der Waals surface area contributed by atoms with Crippen molar-refractivity contribution in [3.8, 4) is 12.0 Å². The third-order valence-electron chi connectivity index (χ3n) is 1.57. The highest BCUT2D eigenvalue weighted by atomic mass is 35.5. The van der Waals surface area contributed by atoms with Gasteiger partial charge in [-0.05, 0) is 0 Å². The van der Waals surface area contributed by atoms with Gasteiger partial charge in [0.05, 0.1) is 0 Å². The second-order valence-electron chi connectivity index (χ2n) is 2.46. The van der Waals surface area contributed by atoms with E-state index in [4.69, 9.17) is 11.6 Å². The van der Waals surface area contributed by atoms with Gasteiger partial charge in [-0.15, -0.1) is 11.6 Å². The van der Waals surface area contributed by atoms with Crippen LogP contribution in [-0.4, -0.2) is 37.0 Å². The van der Waals surface area contributed by atoms with E-state index in [-0.39, 0.29) is 0 Å². The number of nitrogens with zero attached hydrogens (tertiary/aromatic N) is 1. The van der Waals surface area contributed by atoms with E-state index in [2.05, 4.69) is 22.2 Å². The number of rotatable bonds is 1. The molecule has 0 unspecified atom stereocenters. The van der Waals surface area contributed by atoms with Gasteiger partial charge >= 0.3 is 0 Å². The van der Waals surface area contributed by atoms with E-state index < -0.39 is 0 Å². The van der Waals surface area contributed by atoms with E-state index >= 15 is 0 Å². The molecule has 0 amide bonds. The van der Waals surface area contributed by atoms with Crippen molar-refractivity contribution in [1.82, 2.24) is 10.2 Å². The zero-order valence-electron chi connectivity index (χ0n) is 6.57. The topological polar surface area (TPSA) is 15.3 Å². The molecule has 0 bridgehead atoms. The van der Waals surface area contributed by atoms with Crippen LogP contribution in [-0.2, 0) is 0 Å². The Labute approximate surface area is 72.9 Å². The van der Waals surface area contributed by atoms with Crippen molar-refractivity contribution in [3.63, 3.8) is 0 Å². The van der Waals surface area contributed by atoms with Gasteiger partial charge in [0, 0.05) is 44.5 Å². The number of alkyl halides is 1. The zero-order chi connectivity index (χ0) is 7.94. The molecule has 0 spiro atoms. The Morgan fingerprint density at radius 1 is 1.36 bits per heavy atom. The van der Waals surface area contributed by atoms with Gasteiger partial charge in [-0.2, -0.15) is 0 Å². The third-order valence-corrected chi connectivity index (χ3v) is 1.76. The molecule has 3 heteroatoms. The Balaban J connectivity index is 2.19. The fourth-order valence-corrected chi connectivity index (χ4v) is 1.09. The lowest BCUT2D eigenvalue weighted by Gasteiger charge is -2.23. The second kappa shape index (κ2) is 5.29. The average Bonchev–Trinajstić information content (AvgIpc) is 2.07. The summed E-state index contributed by atoms with van der Waals surface area (Å²) in [6, 6.07) is 3.08. The molecule has 1 saturated heterocycles. The SMILES string of the molecule is ClCCC#CN1CCNCC1. The predicted octanol–water partition coefficient (Wildman–Crippen LogP) is 0.481. The number of hydrogen-bond acceptors (Lipinski definition) is 2. The van der Waals surface area contributed by atoms with Crippen LogP contribution >= 0.6 is 11.6 Å². The van der Waals surface area contributed by atoms with Crippen LogP contribution in [0, 0.1) is 12.0 Å². The summed E-state index contributed by atoms with van der Waals surface area (Å²) in [5.41, 5.74) is 0. The maximum atomic E-state index is 5.49. The molecule has 1 heterocycles. The first-order valence-electron chi connectivity index (χ1n) is 3.93. The van der Waals surface area contributed by atoms with Crippen molar-refractivity contribution in [3.05, 3.63) is 0 Å². The normalized spacial score (nSPS) is 17.4. The van der Waals surface area contributed by atoms with Gasteiger partial charge in [0.1, 0.15) is 0 Å². The molecule has 1 aliphatic rings. The minimum Gasteiger partial charge on any atom is -0.330 e. The Morgan fingerprint density at radius 2 is 2.09 bits per heavy atom. The molecule has 0 aromatic rings. The van der Waals surface area contributed by atoms with Crippen molar-refractivity contribution in [2.75, 3.05) is 32.1 Å². The first-order chi connectivity index (χ1) is 5.43. The lowest BCUT2D eigenvalue weighted by atomic mass is 10.4. The Hall–Kier alpha value is -0.390. The first kappa shape index (κ1) is 8.70. The lowest BCUT2D eigenvalue weighted by molar-refractivity contribution is 0.341. The van der Waals surface area contributed by atoms with Gasteiger partial charge in [-0.1, -0.05) is 5.92 Å². The predicted molar refractivity (Wildman–Crippen MR) is 47.6 cm³/mol. The molecule has 2 nitrogen and oxygen atoms in total. The zero-order valence-corrected chi connectivity index (χ0v) is 7.32. The van der Waals surface area contributed by atoms with Crippen LogP contribution in [0.3, 0.4) is 0 Å². The molecule has 0 aromatic carbocycles. The molecule has 0 atom stereocenters. The van der Waals surface area contributed by atoms with Crippen molar-refractivity contribution in [2.45, 2.75) is 6.42 Å². The molecule has 1 fully saturated rings. The molecule has 0 radical (unpaired) electrons. The minimum absolute atomic E-state index is 0.638. The highest BCUT2D eigenvalue weighted by molar-refractivity contribution is 6.17. The number of nitrogens with one attached hydrogen (secondary N) is 1. The molecule has 62 valence electrons. The summed E-state index contributed by atoms with van der Waals surface area (Å²) < 4.78 is 0. The van der Waals surface area contributed by atoms with Gasteiger partial charge in [-0.25, -0.2) is 0 Å². The van der Waals surface area contributed by atoms with Gasteiger partial charge in [0.25, 0.3) is 0 Å². The molecule has 0 saturated carbocycles. The van der Waals surface area contributed by atoms with Crippen LogP contribution < -0.4 is 5.32 Å². The smallest absolute Gasteiger partial charge is 0.0386 e. The van der Waals surface area contributed by atoms with E-state index in [1.54, 1.807) is 0 Å². The standard InChI is InChI=1S/C8H13ClN2/c9-3-1-2-6-11-7-4-10-5-8-11/h10H,1,3-5,7-8H2. The third kappa shape index (κ3) is 3.50. The monoisotopic (exact) mass is 172 g/mol. The average molecular weight is 173 g/mol. The van der Waals surface area contributed by atoms with Crippen LogP contribution in [0.4, 0.5) is 0 Å². The Bertz CT molecular complexity index is 153. The van der Waals surface area contributed by atoms with Gasteiger partial charge < -0.3 is 10.2 Å². The van der Waals surface area contributed by atoms with Crippen molar-refractivity contribution < 1.29 is 0 Å². The first-order valence-corrected chi connectivity index (χ1v) is 4.47. The Morgan fingerprint density at radius 3 is 2.73 bits per heavy atom. The number of piperazine rings is 1. The van der Waals surface area contributed by atoms with Crippen LogP contribution in [0.1, 0.15) is 6.42 Å². The highest BCUT2D eigenvalue weighted by Gasteiger charge is 2.03. The van der Waals surface area contributed by atoms with Gasteiger partial charge in [0.2, 0.25) is 0 Å². The molecule has 11 heavy (non-hydrogen) atoms. The highest BCUT2D eigenvalue weighted by Crippen LogP contribution is 1.89. The summed E-state index contributed by atoms with van der Waals surface area (Å²) in [6.45, 7) is 4.18. The molecule has 1 aliphatic heterocycles. The van der Waals surface area contributed by atoms with Crippen LogP contribution in [0.5, 0.6) is 0 Å². The van der Waals surface area contributed by atoms with E-state index in [1.807, 2.05) is 0 Å². The number of halogens is 1. The van der Waals surface area contributed by atoms with Gasteiger partial charge in [0.15, 0.2) is 0 Å². The summed E-state index contributed by atoms with van der Waals surface area (Å²) in [6.07, 6.45) is 0.797. The fourth-order valence-electron chi connectivity index (χ4n) is 0.992. The molecular formula is C8H13ClN2. The van der Waals surface area contributed by atoms with Crippen LogP contribution in [0.2, 0.25) is 0 Å². The fraction of sp³-hybridized carbons (Fsp3) is 0.750. The summed E-state index contributed by atoms with van der Waals surface area (Å²) in [4.78, 5) is 2.14. The van der Waals surface area contributed by atoms with E-state index in [9.17, 15) is 0 Å². The number of hydrogen-bond donors (Lipinski definition) is 1. The van der Waals surface area contributed by atoms with Gasteiger partial charge in [-0.3, -0.25) is 0 Å². The van der Waals surface area contributed by atoms with E-state index in [0.717, 1.165) is 32.6 Å². The van der Waals surface area contributed by atoms with Crippen LogP contribution in [0.15, 0.2) is 0 Å². The van der Waals surface area contributed by atoms with E-state index in [0.29, 0.717) is 5.88 Å².